The lowest BCUT2D eigenvalue weighted by molar-refractivity contribution is -0.152. The van der Waals surface area contributed by atoms with Gasteiger partial charge >= 0.3 is 47.8 Å². The van der Waals surface area contributed by atoms with Gasteiger partial charge in [-0.3, -0.25) is 38.4 Å². The maximum absolute atomic E-state index is 14.0. The highest BCUT2D eigenvalue weighted by molar-refractivity contribution is 5.99. The lowest BCUT2D eigenvalue weighted by Crippen LogP contribution is -2.36. The molecule has 20 heteroatoms. The topological polar surface area (TPSA) is 251 Å². The molecule has 3 saturated carbocycles. The third-order valence-corrected chi connectivity index (χ3v) is 16.1. The molecule has 2 aromatic carbocycles. The van der Waals surface area contributed by atoms with E-state index < -0.39 is 59.5 Å². The van der Waals surface area contributed by atoms with Crippen LogP contribution in [-0.2, 0) is 57.3 Å². The maximum Gasteiger partial charge on any atom is 0.330 e. The number of amides is 2. The van der Waals surface area contributed by atoms with Gasteiger partial charge in [0.05, 0.1) is 73.1 Å². The number of likely N-dealkylation sites (tertiary alicyclic amines) is 2. The molecule has 0 spiro atoms. The van der Waals surface area contributed by atoms with Gasteiger partial charge in [0.15, 0.2) is 0 Å². The zero-order valence-corrected chi connectivity index (χ0v) is 47.0. The minimum atomic E-state index is -0.604. The fourth-order valence-electron chi connectivity index (χ4n) is 11.1. The summed E-state index contributed by atoms with van der Waals surface area (Å²) in [4.78, 5) is 134. The van der Waals surface area contributed by atoms with Crippen molar-refractivity contribution in [1.82, 2.24) is 9.80 Å². The SMILES string of the molecule is C=CC(=O)OCCCCOC(=O)C1CCC(C(=O)Oc2ccc(OC(=O)C3CCC(C(=O)Oc4ccc(OC(=O)C5CCC(C(=O)OCCCCOC(=O)C=C)CC5)cc4C(=O)N4CCCCC4)CC3)c(C(=O)N3CCCCC3)c2)CC1. The highest BCUT2D eigenvalue weighted by atomic mass is 16.6. The van der Waals surface area contributed by atoms with Crippen LogP contribution >= 0.6 is 0 Å². The van der Waals surface area contributed by atoms with E-state index in [4.69, 9.17) is 37.9 Å². The maximum atomic E-state index is 14.0. The molecule has 0 N–H and O–H groups in total. The number of carbonyl (C=O) groups is 10. The Hall–Kier alpha value is -7.38. The van der Waals surface area contributed by atoms with Crippen molar-refractivity contribution in [3.8, 4) is 23.0 Å². The van der Waals surface area contributed by atoms with E-state index in [1.165, 1.54) is 36.4 Å². The fourth-order valence-corrected chi connectivity index (χ4v) is 11.1. The summed E-state index contributed by atoms with van der Waals surface area (Å²) >= 11 is 0. The average molecular weight is 1140 g/mol. The Morgan fingerprint density at radius 2 is 0.659 bits per heavy atom. The van der Waals surface area contributed by atoms with Crippen LogP contribution in [0.3, 0.4) is 0 Å². The van der Waals surface area contributed by atoms with Gasteiger partial charge in [0, 0.05) is 38.3 Å². The van der Waals surface area contributed by atoms with Crippen molar-refractivity contribution in [1.29, 1.82) is 0 Å². The normalized spacial score (nSPS) is 21.8. The van der Waals surface area contributed by atoms with Crippen molar-refractivity contribution in [3.05, 3.63) is 72.8 Å². The van der Waals surface area contributed by atoms with Gasteiger partial charge in [-0.2, -0.15) is 0 Å². The molecular formula is C62H78N2O18. The van der Waals surface area contributed by atoms with Gasteiger partial charge in [0.2, 0.25) is 0 Å². The first-order valence-electron chi connectivity index (χ1n) is 29.4. The standard InChI is InChI=1S/C62H78N2O18/c1-3-53(65)75-35-11-13-37-77-57(69)41-15-19-43(20-16-41)59(71)79-47-27-29-51(49(39-47)55(67)63-31-7-5-8-32-63)81-61(73)45-23-25-46(26-24-45)62(74)82-52-30-28-48(40-50(52)56(68)64-33-9-6-10-34-64)80-60(72)44-21-17-42(18-22-44)58(70)78-38-14-12-36-76-54(66)4-2/h3-4,27-30,39-46H,1-2,5-26,31-38H2. The van der Waals surface area contributed by atoms with Crippen LogP contribution in [0.1, 0.15) is 162 Å². The van der Waals surface area contributed by atoms with E-state index >= 15 is 0 Å². The van der Waals surface area contributed by atoms with Gasteiger partial charge in [0.1, 0.15) is 23.0 Å². The molecule has 0 bridgehead atoms. The number of rotatable bonds is 24. The van der Waals surface area contributed by atoms with Gasteiger partial charge < -0.3 is 47.7 Å². The Kier molecular flexibility index (Phi) is 24.1. The Morgan fingerprint density at radius 1 is 0.378 bits per heavy atom. The predicted octanol–water partition coefficient (Wildman–Crippen LogP) is 8.79. The summed E-state index contributed by atoms with van der Waals surface area (Å²) in [6.07, 6.45) is 14.1. The first kappa shape index (κ1) is 62.2. The van der Waals surface area contributed by atoms with E-state index in [0.717, 1.165) is 50.7 Å². The number of hydrogen-bond donors (Lipinski definition) is 0. The Balaban J connectivity index is 0.901. The second kappa shape index (κ2) is 31.7. The quantitative estimate of drug-likeness (QED) is 0.0313. The molecule has 3 aliphatic carbocycles. The monoisotopic (exact) mass is 1140 g/mol. The van der Waals surface area contributed by atoms with Crippen LogP contribution in [0.4, 0.5) is 0 Å². The summed E-state index contributed by atoms with van der Waals surface area (Å²) in [6, 6.07) is 8.74. The molecule has 444 valence electrons. The molecule has 2 amide bonds. The van der Waals surface area contributed by atoms with Crippen LogP contribution in [0.5, 0.6) is 23.0 Å². The molecule has 0 unspecified atom stereocenters. The highest BCUT2D eigenvalue weighted by Gasteiger charge is 2.37. The van der Waals surface area contributed by atoms with Crippen LogP contribution < -0.4 is 18.9 Å². The molecule has 5 aliphatic rings. The Labute approximate surface area is 478 Å². The molecular weight excluding hydrogens is 1060 g/mol. The summed E-state index contributed by atoms with van der Waals surface area (Å²) in [5.74, 6) is -7.11. The zero-order valence-electron chi connectivity index (χ0n) is 47.0. The van der Waals surface area contributed by atoms with E-state index in [0.29, 0.717) is 103 Å². The number of hydrogen-bond acceptors (Lipinski definition) is 18. The van der Waals surface area contributed by atoms with Crippen molar-refractivity contribution < 1.29 is 85.8 Å². The van der Waals surface area contributed by atoms with Gasteiger partial charge in [-0.15, -0.1) is 0 Å². The van der Waals surface area contributed by atoms with Crippen LogP contribution in [0.15, 0.2) is 61.7 Å². The van der Waals surface area contributed by atoms with Crippen molar-refractivity contribution in [2.24, 2.45) is 35.5 Å². The summed E-state index contributed by atoms with van der Waals surface area (Å²) in [5.41, 5.74) is 0.161. The molecule has 5 fully saturated rings. The number of unbranched alkanes of at least 4 members (excludes halogenated alkanes) is 2. The van der Waals surface area contributed by atoms with Crippen LogP contribution in [-0.4, -0.2) is 122 Å². The Morgan fingerprint density at radius 3 is 0.963 bits per heavy atom. The second-order valence-electron chi connectivity index (χ2n) is 21.8. The molecule has 2 aromatic rings. The van der Waals surface area contributed by atoms with Crippen molar-refractivity contribution >= 4 is 59.6 Å². The largest absolute Gasteiger partial charge is 0.465 e. The van der Waals surface area contributed by atoms with Crippen molar-refractivity contribution in [2.45, 2.75) is 141 Å². The van der Waals surface area contributed by atoms with E-state index in [-0.39, 0.29) is 122 Å². The average Bonchev–Trinajstić information content (AvgIpc) is 3.71. The van der Waals surface area contributed by atoms with Crippen LogP contribution in [0, 0.1) is 35.5 Å². The third kappa shape index (κ3) is 18.3. The van der Waals surface area contributed by atoms with E-state index in [1.807, 2.05) is 0 Å². The summed E-state index contributed by atoms with van der Waals surface area (Å²) in [6.45, 7) is 9.58. The number of piperidine rings is 2. The molecule has 2 saturated heterocycles. The summed E-state index contributed by atoms with van der Waals surface area (Å²) < 4.78 is 44.3. The van der Waals surface area contributed by atoms with Crippen molar-refractivity contribution in [3.63, 3.8) is 0 Å². The van der Waals surface area contributed by atoms with Crippen LogP contribution in [0.25, 0.3) is 0 Å². The molecule has 7 rings (SSSR count). The number of esters is 8. The third-order valence-electron chi connectivity index (χ3n) is 16.1. The minimum absolute atomic E-state index is 0.0271. The first-order valence-corrected chi connectivity index (χ1v) is 29.4. The Bertz CT molecular complexity index is 2430. The van der Waals surface area contributed by atoms with Crippen molar-refractivity contribution in [2.75, 3.05) is 52.6 Å². The van der Waals surface area contributed by atoms with E-state index in [9.17, 15) is 47.9 Å². The molecule has 82 heavy (non-hydrogen) atoms. The summed E-state index contributed by atoms with van der Waals surface area (Å²) in [5, 5.41) is 0. The molecule has 0 radical (unpaired) electrons. The smallest absolute Gasteiger partial charge is 0.330 e. The highest BCUT2D eigenvalue weighted by Crippen LogP contribution is 2.37. The first-order chi connectivity index (χ1) is 39.7. The summed E-state index contributed by atoms with van der Waals surface area (Å²) in [7, 11) is 0. The van der Waals surface area contributed by atoms with Gasteiger partial charge in [-0.05, 0) is 178 Å². The number of nitrogens with zero attached hydrogens (tertiary/aromatic N) is 2. The molecule has 0 aromatic heterocycles. The minimum Gasteiger partial charge on any atom is -0.465 e. The molecule has 2 heterocycles. The van der Waals surface area contributed by atoms with Gasteiger partial charge in [-0.25, -0.2) is 9.59 Å². The van der Waals surface area contributed by atoms with Gasteiger partial charge in [-0.1, -0.05) is 13.2 Å². The zero-order chi connectivity index (χ0) is 58.4. The molecule has 2 aliphatic heterocycles. The lowest BCUT2D eigenvalue weighted by Gasteiger charge is -2.29. The number of ether oxygens (including phenoxy) is 8. The molecule has 20 nitrogen and oxygen atoms in total. The fraction of sp³-hybridized carbons (Fsp3) is 0.581. The second-order valence-corrected chi connectivity index (χ2v) is 21.8. The lowest BCUT2D eigenvalue weighted by atomic mass is 9.82. The predicted molar refractivity (Wildman–Crippen MR) is 294 cm³/mol. The van der Waals surface area contributed by atoms with Crippen LogP contribution in [0.2, 0.25) is 0 Å². The van der Waals surface area contributed by atoms with E-state index in [1.54, 1.807) is 9.80 Å². The van der Waals surface area contributed by atoms with Gasteiger partial charge in [0.25, 0.3) is 11.8 Å². The molecule has 0 atom stereocenters. The number of benzene rings is 2. The number of carbonyl (C=O) groups excluding carboxylic acids is 10. The van der Waals surface area contributed by atoms with E-state index in [2.05, 4.69) is 13.2 Å².